The Kier molecular flexibility index (Phi) is 6.78. The van der Waals surface area contributed by atoms with Crippen LogP contribution in [0.5, 0.6) is 0 Å². The van der Waals surface area contributed by atoms with E-state index in [4.69, 9.17) is 5.11 Å². The second kappa shape index (κ2) is 8.09. The van der Waals surface area contributed by atoms with E-state index in [-0.39, 0.29) is 18.5 Å². The van der Waals surface area contributed by atoms with Crippen LogP contribution in [0.1, 0.15) is 33.1 Å². The molecule has 20 heavy (non-hydrogen) atoms. The Hall–Kier alpha value is -1.30. The van der Waals surface area contributed by atoms with E-state index in [1.165, 1.54) is 0 Å². The molecule has 2 atom stereocenters. The van der Waals surface area contributed by atoms with Gasteiger partial charge in [0.05, 0.1) is 0 Å². The van der Waals surface area contributed by atoms with Crippen LogP contribution in [0.3, 0.4) is 0 Å². The molecule has 1 aliphatic heterocycles. The van der Waals surface area contributed by atoms with Gasteiger partial charge in [0.15, 0.2) is 0 Å². The molecule has 0 aromatic carbocycles. The number of likely N-dealkylation sites (N-methyl/N-ethyl adjacent to an activating group) is 1. The minimum absolute atomic E-state index is 0.00367. The number of aliphatic carboxylic acids is 1. The van der Waals surface area contributed by atoms with E-state index in [0.717, 1.165) is 26.1 Å². The molecule has 2 N–H and O–H groups in total. The molecule has 0 radical (unpaired) electrons. The number of rotatable bonds is 6. The van der Waals surface area contributed by atoms with Crippen molar-refractivity contribution < 1.29 is 14.7 Å². The van der Waals surface area contributed by atoms with Gasteiger partial charge in [0.2, 0.25) is 0 Å². The fourth-order valence-electron chi connectivity index (χ4n) is 2.48. The molecule has 116 valence electrons. The van der Waals surface area contributed by atoms with Crippen LogP contribution in [0.4, 0.5) is 4.79 Å². The van der Waals surface area contributed by atoms with E-state index in [1.807, 2.05) is 11.8 Å². The van der Waals surface area contributed by atoms with Crippen LogP contribution in [-0.4, -0.2) is 66.2 Å². The van der Waals surface area contributed by atoms with Gasteiger partial charge in [-0.25, -0.2) is 4.79 Å². The third-order valence-electron chi connectivity index (χ3n) is 3.86. The number of carboxylic acids is 1. The summed E-state index contributed by atoms with van der Waals surface area (Å²) in [6, 6.07) is 0.231. The average Bonchev–Trinajstić information content (AvgIpc) is 2.36. The number of amides is 2. The lowest BCUT2D eigenvalue weighted by Gasteiger charge is -2.38. The van der Waals surface area contributed by atoms with Crippen LogP contribution in [0.25, 0.3) is 0 Å². The van der Waals surface area contributed by atoms with Crippen molar-refractivity contribution in [2.75, 3.05) is 33.2 Å². The number of carbonyl (C=O) groups is 2. The quantitative estimate of drug-likeness (QED) is 0.769. The standard InChI is InChI=1S/C14H27N3O3/c1-11(4-5-13(18)19)6-7-15-14(20)17-9-8-16(3)10-12(17)2/h11-12H,4-10H2,1-3H3,(H,15,20)(H,18,19). The van der Waals surface area contributed by atoms with Crippen LogP contribution in [0, 0.1) is 5.92 Å². The molecule has 0 bridgehead atoms. The summed E-state index contributed by atoms with van der Waals surface area (Å²) in [6.07, 6.45) is 1.68. The highest BCUT2D eigenvalue weighted by atomic mass is 16.4. The van der Waals surface area contributed by atoms with Gasteiger partial charge in [0.1, 0.15) is 0 Å². The highest BCUT2D eigenvalue weighted by Gasteiger charge is 2.25. The normalized spacial score (nSPS) is 21.6. The lowest BCUT2D eigenvalue weighted by Crippen LogP contribution is -2.55. The summed E-state index contributed by atoms with van der Waals surface area (Å²) >= 11 is 0. The Morgan fingerprint density at radius 3 is 2.65 bits per heavy atom. The first kappa shape index (κ1) is 16.8. The molecule has 2 unspecified atom stereocenters. The molecule has 0 spiro atoms. The number of piperazine rings is 1. The summed E-state index contributed by atoms with van der Waals surface area (Å²) in [4.78, 5) is 26.6. The van der Waals surface area contributed by atoms with Crippen molar-refractivity contribution >= 4 is 12.0 Å². The SMILES string of the molecule is CC(CCNC(=O)N1CCN(C)CC1C)CCC(=O)O. The van der Waals surface area contributed by atoms with Crippen molar-refractivity contribution in [2.45, 2.75) is 39.2 Å². The first-order valence-corrected chi connectivity index (χ1v) is 7.35. The van der Waals surface area contributed by atoms with Crippen LogP contribution in [0.2, 0.25) is 0 Å². The highest BCUT2D eigenvalue weighted by molar-refractivity contribution is 5.74. The van der Waals surface area contributed by atoms with Gasteiger partial charge in [0.25, 0.3) is 0 Å². The lowest BCUT2D eigenvalue weighted by atomic mass is 10.0. The molecule has 0 aromatic rings. The summed E-state index contributed by atoms with van der Waals surface area (Å²) < 4.78 is 0. The second-order valence-electron chi connectivity index (χ2n) is 5.86. The summed E-state index contributed by atoms with van der Waals surface area (Å²) in [6.45, 7) is 7.27. The Balaban J connectivity index is 2.21. The monoisotopic (exact) mass is 285 g/mol. The maximum atomic E-state index is 12.1. The van der Waals surface area contributed by atoms with E-state index >= 15 is 0 Å². The molecule has 0 aromatic heterocycles. The molecule has 2 amide bonds. The van der Waals surface area contributed by atoms with Crippen LogP contribution in [-0.2, 0) is 4.79 Å². The molecule has 6 heteroatoms. The Labute approximate surface area is 121 Å². The van der Waals surface area contributed by atoms with Crippen molar-refractivity contribution in [2.24, 2.45) is 5.92 Å². The van der Waals surface area contributed by atoms with Gasteiger partial charge >= 0.3 is 12.0 Å². The van der Waals surface area contributed by atoms with Gasteiger partial charge in [0, 0.05) is 38.6 Å². The Bertz CT molecular complexity index is 336. The maximum Gasteiger partial charge on any atom is 0.317 e. The third-order valence-corrected chi connectivity index (χ3v) is 3.86. The minimum Gasteiger partial charge on any atom is -0.481 e. The number of nitrogens with zero attached hydrogens (tertiary/aromatic N) is 2. The predicted molar refractivity (Wildman–Crippen MR) is 77.7 cm³/mol. The highest BCUT2D eigenvalue weighted by Crippen LogP contribution is 2.10. The summed E-state index contributed by atoms with van der Waals surface area (Å²) in [5, 5.41) is 11.6. The van der Waals surface area contributed by atoms with Crippen LogP contribution < -0.4 is 5.32 Å². The second-order valence-corrected chi connectivity index (χ2v) is 5.86. The third kappa shape index (κ3) is 5.77. The zero-order chi connectivity index (χ0) is 15.1. The first-order valence-electron chi connectivity index (χ1n) is 7.35. The molecule has 1 fully saturated rings. The van der Waals surface area contributed by atoms with Crippen molar-refractivity contribution in [3.05, 3.63) is 0 Å². The van der Waals surface area contributed by atoms with Crippen molar-refractivity contribution in [1.29, 1.82) is 0 Å². The number of hydrogen-bond donors (Lipinski definition) is 2. The van der Waals surface area contributed by atoms with Gasteiger partial charge in [-0.15, -0.1) is 0 Å². The molecular weight excluding hydrogens is 258 g/mol. The van der Waals surface area contributed by atoms with Crippen molar-refractivity contribution in [3.63, 3.8) is 0 Å². The number of carbonyl (C=O) groups excluding carboxylic acids is 1. The number of hydrogen-bond acceptors (Lipinski definition) is 3. The lowest BCUT2D eigenvalue weighted by molar-refractivity contribution is -0.137. The fourth-order valence-corrected chi connectivity index (χ4v) is 2.48. The van der Waals surface area contributed by atoms with Gasteiger partial charge in [-0.05, 0) is 32.7 Å². The predicted octanol–water partition coefficient (Wildman–Crippen LogP) is 1.22. The molecule has 1 aliphatic rings. The molecular formula is C14H27N3O3. The molecule has 1 saturated heterocycles. The molecule has 6 nitrogen and oxygen atoms in total. The summed E-state index contributed by atoms with van der Waals surface area (Å²) in [7, 11) is 2.07. The van der Waals surface area contributed by atoms with Gasteiger partial charge in [-0.2, -0.15) is 0 Å². The smallest absolute Gasteiger partial charge is 0.317 e. The fraction of sp³-hybridized carbons (Fsp3) is 0.857. The summed E-state index contributed by atoms with van der Waals surface area (Å²) in [5.74, 6) is -0.441. The molecule has 0 saturated carbocycles. The zero-order valence-corrected chi connectivity index (χ0v) is 12.8. The van der Waals surface area contributed by atoms with Crippen LogP contribution in [0.15, 0.2) is 0 Å². The van der Waals surface area contributed by atoms with Gasteiger partial charge < -0.3 is 20.2 Å². The van der Waals surface area contributed by atoms with Gasteiger partial charge in [-0.1, -0.05) is 6.92 Å². The first-order chi connectivity index (χ1) is 9.40. The minimum atomic E-state index is -0.757. The van der Waals surface area contributed by atoms with Crippen molar-refractivity contribution in [3.8, 4) is 0 Å². The van der Waals surface area contributed by atoms with E-state index in [2.05, 4.69) is 24.2 Å². The number of carboxylic acid groups (broad SMARTS) is 1. The summed E-state index contributed by atoms with van der Waals surface area (Å²) in [5.41, 5.74) is 0. The van der Waals surface area contributed by atoms with Crippen molar-refractivity contribution in [1.82, 2.24) is 15.1 Å². The average molecular weight is 285 g/mol. The van der Waals surface area contributed by atoms with E-state index in [0.29, 0.717) is 18.9 Å². The Morgan fingerprint density at radius 1 is 1.35 bits per heavy atom. The molecule has 1 heterocycles. The number of urea groups is 1. The van der Waals surface area contributed by atoms with Crippen LogP contribution >= 0.6 is 0 Å². The zero-order valence-electron chi connectivity index (χ0n) is 12.8. The largest absolute Gasteiger partial charge is 0.481 e. The van der Waals surface area contributed by atoms with E-state index in [9.17, 15) is 9.59 Å². The maximum absolute atomic E-state index is 12.1. The molecule has 0 aliphatic carbocycles. The van der Waals surface area contributed by atoms with E-state index < -0.39 is 5.97 Å². The number of nitrogens with one attached hydrogen (secondary N) is 1. The van der Waals surface area contributed by atoms with E-state index in [1.54, 1.807) is 0 Å². The topological polar surface area (TPSA) is 72.9 Å². The van der Waals surface area contributed by atoms with Gasteiger partial charge in [-0.3, -0.25) is 4.79 Å². The Morgan fingerprint density at radius 2 is 2.05 bits per heavy atom. The molecule has 1 rings (SSSR count).